The van der Waals surface area contributed by atoms with Crippen LogP contribution in [0.3, 0.4) is 0 Å². The van der Waals surface area contributed by atoms with Crippen LogP contribution in [0.4, 0.5) is 34.1 Å². The lowest BCUT2D eigenvalue weighted by molar-refractivity contribution is 1.28. The fourth-order valence-electron chi connectivity index (χ4n) is 13.8. The van der Waals surface area contributed by atoms with E-state index in [-0.39, 0.29) is 0 Å². The molecule has 446 valence electrons. The average Bonchev–Trinajstić information content (AvgIpc) is 1.74. The Labute approximate surface area is 562 Å². The van der Waals surface area contributed by atoms with Gasteiger partial charge in [-0.2, -0.15) is 0 Å². The lowest BCUT2D eigenvalue weighted by Crippen LogP contribution is -2.11. The number of hydrogen-bond acceptors (Lipinski definition) is 7. The molecular formula is C88H56N4S3. The highest BCUT2D eigenvalue weighted by atomic mass is 32.1. The largest absolute Gasteiger partial charge is 0.310 e. The zero-order valence-corrected chi connectivity index (χ0v) is 53.8. The molecule has 5 aromatic heterocycles. The lowest BCUT2D eigenvalue weighted by atomic mass is 9.96. The Morgan fingerprint density at radius 2 is 0.716 bits per heavy atom. The third kappa shape index (κ3) is 10.3. The molecule has 5 heterocycles. The number of para-hydroxylation sites is 1. The van der Waals surface area contributed by atoms with E-state index in [2.05, 4.69) is 336 Å². The minimum atomic E-state index is 1.01. The van der Waals surface area contributed by atoms with E-state index in [1.165, 1.54) is 116 Å². The molecule has 0 N–H and O–H groups in total. The number of thiophene rings is 3. The van der Waals surface area contributed by atoms with Crippen LogP contribution in [0.15, 0.2) is 340 Å². The van der Waals surface area contributed by atoms with E-state index in [0.29, 0.717) is 0 Å². The van der Waals surface area contributed by atoms with E-state index >= 15 is 0 Å². The fraction of sp³-hybridized carbons (Fsp3) is 0. The van der Waals surface area contributed by atoms with E-state index in [1.807, 2.05) is 52.6 Å². The van der Waals surface area contributed by atoms with E-state index in [4.69, 9.17) is 4.98 Å². The molecule has 0 aliphatic rings. The van der Waals surface area contributed by atoms with Crippen LogP contribution in [0.2, 0.25) is 0 Å². The number of aromatic nitrogens is 2. The van der Waals surface area contributed by atoms with Gasteiger partial charge in [0.2, 0.25) is 0 Å². The summed E-state index contributed by atoms with van der Waals surface area (Å²) < 4.78 is 7.57. The van der Waals surface area contributed by atoms with E-state index in [1.54, 1.807) is 0 Å². The average molecular weight is 1270 g/mol. The van der Waals surface area contributed by atoms with Crippen molar-refractivity contribution < 1.29 is 0 Å². The normalized spacial score (nSPS) is 11.6. The highest BCUT2D eigenvalue weighted by molar-refractivity contribution is 7.27. The number of pyridine rings is 2. The molecule has 0 radical (unpaired) electrons. The second-order valence-corrected chi connectivity index (χ2v) is 27.3. The highest BCUT2D eigenvalue weighted by Crippen LogP contribution is 2.47. The summed E-state index contributed by atoms with van der Waals surface area (Å²) in [4.78, 5) is 14.2. The Bertz CT molecular complexity index is 5880. The first-order valence-electron chi connectivity index (χ1n) is 32.0. The molecule has 0 bridgehead atoms. The molecule has 0 saturated carbocycles. The van der Waals surface area contributed by atoms with E-state index < -0.39 is 0 Å². The molecule has 4 nitrogen and oxygen atoms in total. The predicted octanol–water partition coefficient (Wildman–Crippen LogP) is 26.2. The number of fused-ring (bicyclic) bond motifs is 9. The molecule has 18 aromatic rings. The van der Waals surface area contributed by atoms with Gasteiger partial charge in [0.25, 0.3) is 0 Å². The van der Waals surface area contributed by atoms with Crippen LogP contribution in [0.5, 0.6) is 0 Å². The van der Waals surface area contributed by atoms with Crippen LogP contribution in [-0.2, 0) is 0 Å². The van der Waals surface area contributed by atoms with Gasteiger partial charge in [0.05, 0.1) is 11.4 Å². The zero-order valence-electron chi connectivity index (χ0n) is 51.3. The Balaban J connectivity index is 0.629. The Morgan fingerprint density at radius 3 is 1.44 bits per heavy atom. The van der Waals surface area contributed by atoms with E-state index in [0.717, 1.165) is 56.5 Å². The predicted molar refractivity (Wildman–Crippen MR) is 408 cm³/mol. The van der Waals surface area contributed by atoms with Gasteiger partial charge in [-0.25, -0.2) is 0 Å². The van der Waals surface area contributed by atoms with Crippen LogP contribution >= 0.6 is 34.0 Å². The summed E-state index contributed by atoms with van der Waals surface area (Å²) in [5.74, 6) is 0. The highest BCUT2D eigenvalue weighted by Gasteiger charge is 2.21. The van der Waals surface area contributed by atoms with Gasteiger partial charge in [-0.1, -0.05) is 218 Å². The van der Waals surface area contributed by atoms with Gasteiger partial charge in [-0.05, 0) is 164 Å². The minimum absolute atomic E-state index is 1.01. The summed E-state index contributed by atoms with van der Waals surface area (Å²) in [5.41, 5.74) is 22.8. The second kappa shape index (κ2) is 23.8. The summed E-state index contributed by atoms with van der Waals surface area (Å²) >= 11 is 5.51. The van der Waals surface area contributed by atoms with Crippen molar-refractivity contribution in [2.45, 2.75) is 0 Å². The molecule has 0 saturated heterocycles. The Kier molecular flexibility index (Phi) is 14.1. The SMILES string of the molecule is c1ccc(-c2ccc(N(c3ccc(-c4nccc5sc6ccccc6c45)cc3)c3ccc4c(c3)sc3ccc(-c5cccc(-c6ccc(-c7ccc(N(c8ccc(-c9cccc%10c9sc9ccncc9%10)cc8)c8ccccc8-c8ccccc8)cc7)cc6)c5)cc34)cc2)cc1. The molecular weight excluding hydrogens is 1210 g/mol. The van der Waals surface area contributed by atoms with Crippen molar-refractivity contribution in [3.63, 3.8) is 0 Å². The maximum Gasteiger partial charge on any atom is 0.0795 e. The first-order chi connectivity index (χ1) is 47.1. The minimum Gasteiger partial charge on any atom is -0.310 e. The maximum atomic E-state index is 4.97. The molecule has 0 aliphatic carbocycles. The van der Waals surface area contributed by atoms with Gasteiger partial charge in [0, 0.05) is 119 Å². The van der Waals surface area contributed by atoms with Crippen LogP contribution in [0.1, 0.15) is 0 Å². The number of rotatable bonds is 13. The van der Waals surface area contributed by atoms with Gasteiger partial charge >= 0.3 is 0 Å². The van der Waals surface area contributed by atoms with Gasteiger partial charge < -0.3 is 9.80 Å². The number of nitrogens with zero attached hydrogens (tertiary/aromatic N) is 4. The molecule has 7 heteroatoms. The fourth-order valence-corrected chi connectivity index (χ4v) is 17.2. The van der Waals surface area contributed by atoms with Crippen LogP contribution in [0.25, 0.3) is 139 Å². The topological polar surface area (TPSA) is 32.3 Å². The summed E-state index contributed by atoms with van der Waals surface area (Å²) in [5, 5.41) is 7.42. The quantitative estimate of drug-likeness (QED) is 0.115. The molecule has 13 aromatic carbocycles. The lowest BCUT2D eigenvalue weighted by Gasteiger charge is -2.28. The first-order valence-corrected chi connectivity index (χ1v) is 34.4. The van der Waals surface area contributed by atoms with Crippen molar-refractivity contribution in [1.82, 2.24) is 9.97 Å². The molecule has 0 atom stereocenters. The van der Waals surface area contributed by atoms with Crippen molar-refractivity contribution in [1.29, 1.82) is 0 Å². The van der Waals surface area contributed by atoms with Crippen LogP contribution < -0.4 is 9.80 Å². The Hall–Kier alpha value is -11.6. The van der Waals surface area contributed by atoms with Gasteiger partial charge in [-0.15, -0.1) is 34.0 Å². The number of hydrogen-bond donors (Lipinski definition) is 0. The van der Waals surface area contributed by atoms with E-state index in [9.17, 15) is 0 Å². The smallest absolute Gasteiger partial charge is 0.0795 e. The molecule has 0 aliphatic heterocycles. The van der Waals surface area contributed by atoms with Crippen LogP contribution in [-0.4, -0.2) is 9.97 Å². The van der Waals surface area contributed by atoms with Crippen LogP contribution in [0, 0.1) is 0 Å². The third-order valence-corrected chi connectivity index (χ3v) is 22.0. The first kappa shape index (κ1) is 56.2. The molecule has 0 spiro atoms. The maximum absolute atomic E-state index is 4.97. The molecule has 0 amide bonds. The third-order valence-electron chi connectivity index (χ3n) is 18.5. The molecule has 18 rings (SSSR count). The summed E-state index contributed by atoms with van der Waals surface area (Å²) in [7, 11) is 0. The van der Waals surface area contributed by atoms with Crippen molar-refractivity contribution in [2.75, 3.05) is 9.80 Å². The number of anilines is 6. The summed E-state index contributed by atoms with van der Waals surface area (Å²) in [6, 6.07) is 117. The van der Waals surface area contributed by atoms with Gasteiger partial charge in [0.15, 0.2) is 0 Å². The molecule has 0 fully saturated rings. The molecule has 95 heavy (non-hydrogen) atoms. The van der Waals surface area contributed by atoms with Gasteiger partial charge in [0.1, 0.15) is 0 Å². The standard InChI is InChI=1S/C88H56N4S3/c1-3-13-57(14-4-1)59-29-38-68(39-30-59)91(69-44-35-64(36-45-69)87-86-77-20-8-10-24-81(77)93-84(86)50-52-90-87)72-46-47-75-78-54-67(37-48-82(78)94-85(75)55-72)66-18-11-17-65(53-66)61-27-25-58(26-28-61)60-31-40-70(41-32-60)92(80-23-9-7-19-73(80)62-15-5-2-6-16-62)71-42-33-63(34-43-71)74-21-12-22-76-79-56-89-51-49-83(79)95-88(74)76/h1-56H. The second-order valence-electron chi connectivity index (χ2n) is 24.0. The van der Waals surface area contributed by atoms with Gasteiger partial charge in [-0.3, -0.25) is 9.97 Å². The Morgan fingerprint density at radius 1 is 0.242 bits per heavy atom. The monoisotopic (exact) mass is 1260 g/mol. The van der Waals surface area contributed by atoms with Crippen molar-refractivity contribution in [3.8, 4) is 78.0 Å². The van der Waals surface area contributed by atoms with Crippen molar-refractivity contribution in [2.24, 2.45) is 0 Å². The molecule has 0 unspecified atom stereocenters. The summed E-state index contributed by atoms with van der Waals surface area (Å²) in [6.45, 7) is 0. The van der Waals surface area contributed by atoms with Crippen molar-refractivity contribution in [3.05, 3.63) is 340 Å². The number of benzene rings is 13. The summed E-state index contributed by atoms with van der Waals surface area (Å²) in [6.07, 6.45) is 5.81. The van der Waals surface area contributed by atoms with Crippen molar-refractivity contribution >= 4 is 129 Å². The zero-order chi connectivity index (χ0) is 62.8.